The number of ether oxygens (including phenoxy) is 5. The highest BCUT2D eigenvalue weighted by atomic mass is 28.4. The molecule has 0 aromatic heterocycles. The highest BCUT2D eigenvalue weighted by Gasteiger charge is 2.56. The van der Waals surface area contributed by atoms with Gasteiger partial charge in [0.25, 0.3) is 0 Å². The van der Waals surface area contributed by atoms with Gasteiger partial charge >= 0.3 is 6.09 Å². The van der Waals surface area contributed by atoms with Crippen LogP contribution >= 0.6 is 0 Å². The smallest absolute Gasteiger partial charge is 0.417 e. The van der Waals surface area contributed by atoms with Crippen molar-refractivity contribution in [3.8, 4) is 0 Å². The largest absolute Gasteiger partial charge is 0.443 e. The topological polar surface area (TPSA) is 113 Å². The van der Waals surface area contributed by atoms with E-state index in [4.69, 9.17) is 28.1 Å². The van der Waals surface area contributed by atoms with Crippen molar-refractivity contribution in [2.45, 2.75) is 122 Å². The lowest BCUT2D eigenvalue weighted by Crippen LogP contribution is -2.55. The quantitative estimate of drug-likeness (QED) is 0.531. The van der Waals surface area contributed by atoms with Crippen LogP contribution in [0.25, 0.3) is 0 Å². The first-order chi connectivity index (χ1) is 15.8. The zero-order valence-electron chi connectivity index (χ0n) is 22.7. The Morgan fingerprint density at radius 3 is 2.00 bits per heavy atom. The molecule has 1 N–H and O–H groups in total. The summed E-state index contributed by atoms with van der Waals surface area (Å²) >= 11 is 0. The Balaban J connectivity index is 1.95. The minimum Gasteiger partial charge on any atom is -0.443 e. The zero-order valence-corrected chi connectivity index (χ0v) is 23.7. The molecule has 6 atom stereocenters. The van der Waals surface area contributed by atoms with E-state index in [0.717, 1.165) is 4.90 Å². The van der Waals surface area contributed by atoms with Crippen LogP contribution in [0.2, 0.25) is 19.6 Å². The lowest BCUT2D eigenvalue weighted by Gasteiger charge is -2.37. The molecule has 2 amide bonds. The first-order valence-electron chi connectivity index (χ1n) is 12.3. The minimum atomic E-state index is -2.16. The van der Waals surface area contributed by atoms with Crippen LogP contribution in [0.4, 0.5) is 4.79 Å². The second-order valence-corrected chi connectivity index (χ2v) is 17.0. The van der Waals surface area contributed by atoms with Gasteiger partial charge in [-0.05, 0) is 74.5 Å². The monoisotopic (exact) mass is 517 g/mol. The normalized spacial score (nSPS) is 32.7. The summed E-state index contributed by atoms with van der Waals surface area (Å²) in [7, 11) is -2.16. The summed E-state index contributed by atoms with van der Waals surface area (Å²) in [6, 6.07) is -0.707. The maximum absolute atomic E-state index is 13.7. The van der Waals surface area contributed by atoms with Gasteiger partial charge in [-0.2, -0.15) is 0 Å². The maximum Gasteiger partial charge on any atom is 0.417 e. The highest BCUT2D eigenvalue weighted by Crippen LogP contribution is 2.39. The van der Waals surface area contributed by atoms with Gasteiger partial charge in [0, 0.05) is 0 Å². The number of nitrogens with zero attached hydrogens (tertiary/aromatic N) is 1. The number of imide groups is 1. The van der Waals surface area contributed by atoms with Crippen molar-refractivity contribution in [2.24, 2.45) is 5.92 Å². The van der Waals surface area contributed by atoms with E-state index in [1.54, 1.807) is 34.6 Å². The second kappa shape index (κ2) is 9.66. The first-order valence-corrected chi connectivity index (χ1v) is 15.7. The summed E-state index contributed by atoms with van der Waals surface area (Å²) in [6.07, 6.45) is -3.60. The summed E-state index contributed by atoms with van der Waals surface area (Å²) in [4.78, 5) is 28.1. The average molecular weight is 518 g/mol. The van der Waals surface area contributed by atoms with Crippen LogP contribution < -0.4 is 0 Å². The van der Waals surface area contributed by atoms with Gasteiger partial charge in [-0.15, -0.1) is 0 Å². The van der Waals surface area contributed by atoms with Gasteiger partial charge in [-0.25, -0.2) is 9.69 Å². The van der Waals surface area contributed by atoms with Crippen molar-refractivity contribution < 1.29 is 42.8 Å². The molecule has 35 heavy (non-hydrogen) atoms. The van der Waals surface area contributed by atoms with Crippen LogP contribution in [-0.2, 0) is 32.9 Å². The number of hydrogen-bond acceptors (Lipinski definition) is 9. The number of carbonyl (C=O) groups is 2. The van der Waals surface area contributed by atoms with Gasteiger partial charge in [0.2, 0.25) is 5.91 Å². The molecule has 10 nitrogen and oxygen atoms in total. The molecule has 3 heterocycles. The van der Waals surface area contributed by atoms with Crippen molar-refractivity contribution in [3.63, 3.8) is 0 Å². The Labute approximate surface area is 209 Å². The number of rotatable bonds is 6. The van der Waals surface area contributed by atoms with E-state index in [9.17, 15) is 14.7 Å². The average Bonchev–Trinajstić information content (AvgIpc) is 3.31. The van der Waals surface area contributed by atoms with Gasteiger partial charge in [0.05, 0.1) is 37.4 Å². The molecule has 3 rings (SSSR count). The molecule has 3 saturated heterocycles. The summed E-state index contributed by atoms with van der Waals surface area (Å²) in [5, 5.41) is 11.2. The molecule has 0 radical (unpaired) electrons. The van der Waals surface area contributed by atoms with E-state index in [1.807, 2.05) is 33.5 Å². The molecule has 0 unspecified atom stereocenters. The van der Waals surface area contributed by atoms with Gasteiger partial charge in [0.1, 0.15) is 17.8 Å². The third-order valence-electron chi connectivity index (χ3n) is 6.06. The standard InChI is InChI=1S/C24H43NO9Si/c1-22(2,3)33-21(28)25-15(19(34-35(8,9)10)17-13-30-24(6,7)32-17)11-14(20(25)27)18(26)16-12-29-23(4,5)31-16/h14-19,26H,11-13H2,1-10H3/t14-,15+,16+,17+,18+,19-/m0/s1. The van der Waals surface area contributed by atoms with Crippen LogP contribution in [0.1, 0.15) is 54.9 Å². The Morgan fingerprint density at radius 2 is 1.57 bits per heavy atom. The Bertz CT molecular complexity index is 804. The molecule has 0 aromatic rings. The third-order valence-corrected chi connectivity index (χ3v) is 7.04. The summed E-state index contributed by atoms with van der Waals surface area (Å²) in [5.41, 5.74) is -0.810. The highest BCUT2D eigenvalue weighted by molar-refractivity contribution is 6.69. The Morgan fingerprint density at radius 1 is 1.06 bits per heavy atom. The lowest BCUT2D eigenvalue weighted by atomic mass is 9.92. The van der Waals surface area contributed by atoms with Crippen LogP contribution in [0, 0.1) is 5.92 Å². The van der Waals surface area contributed by atoms with E-state index in [-0.39, 0.29) is 19.6 Å². The molecular weight excluding hydrogens is 474 g/mol. The summed E-state index contributed by atoms with van der Waals surface area (Å²) in [5.74, 6) is -3.09. The fraction of sp³-hybridized carbons (Fsp3) is 0.917. The van der Waals surface area contributed by atoms with E-state index in [1.165, 1.54) is 0 Å². The van der Waals surface area contributed by atoms with Gasteiger partial charge in [0.15, 0.2) is 19.9 Å². The Hall–Kier alpha value is -1.08. The first kappa shape index (κ1) is 28.5. The van der Waals surface area contributed by atoms with Crippen LogP contribution in [0.3, 0.4) is 0 Å². The predicted octanol–water partition coefficient (Wildman–Crippen LogP) is 3.02. The molecular formula is C24H43NO9Si. The molecule has 0 bridgehead atoms. The van der Waals surface area contributed by atoms with Crippen molar-refractivity contribution in [3.05, 3.63) is 0 Å². The number of hydrogen-bond donors (Lipinski definition) is 1. The van der Waals surface area contributed by atoms with Crippen LogP contribution in [-0.4, -0.2) is 91.2 Å². The van der Waals surface area contributed by atoms with Gasteiger partial charge in [-0.3, -0.25) is 4.79 Å². The van der Waals surface area contributed by atoms with E-state index >= 15 is 0 Å². The number of carbonyl (C=O) groups excluding carboxylic acids is 2. The van der Waals surface area contributed by atoms with E-state index < -0.39 is 73.9 Å². The van der Waals surface area contributed by atoms with Crippen LogP contribution in [0.5, 0.6) is 0 Å². The van der Waals surface area contributed by atoms with Gasteiger partial charge in [-0.1, -0.05) is 0 Å². The zero-order chi connectivity index (χ0) is 26.6. The fourth-order valence-electron chi connectivity index (χ4n) is 4.74. The van der Waals surface area contributed by atoms with Crippen molar-refractivity contribution >= 4 is 20.3 Å². The molecule has 3 aliphatic heterocycles. The second-order valence-electron chi connectivity index (χ2n) is 12.5. The van der Waals surface area contributed by atoms with E-state index in [0.29, 0.717) is 0 Å². The molecule has 0 aliphatic carbocycles. The molecule has 202 valence electrons. The Kier molecular flexibility index (Phi) is 7.86. The maximum atomic E-state index is 13.7. The summed E-state index contributed by atoms with van der Waals surface area (Å²) < 4.78 is 35.5. The van der Waals surface area contributed by atoms with Crippen LogP contribution in [0.15, 0.2) is 0 Å². The van der Waals surface area contributed by atoms with Gasteiger partial charge < -0.3 is 33.2 Å². The van der Waals surface area contributed by atoms with Crippen molar-refractivity contribution in [1.82, 2.24) is 4.90 Å². The number of likely N-dealkylation sites (tertiary alicyclic amines) is 1. The van der Waals surface area contributed by atoms with E-state index in [2.05, 4.69) is 0 Å². The molecule has 3 fully saturated rings. The number of amides is 2. The molecule has 0 aromatic carbocycles. The predicted molar refractivity (Wildman–Crippen MR) is 129 cm³/mol. The van der Waals surface area contributed by atoms with Crippen molar-refractivity contribution in [1.29, 1.82) is 0 Å². The number of aliphatic hydroxyl groups excluding tert-OH is 1. The number of aliphatic hydroxyl groups is 1. The fourth-order valence-corrected chi connectivity index (χ4v) is 5.87. The van der Waals surface area contributed by atoms with Crippen molar-refractivity contribution in [2.75, 3.05) is 13.2 Å². The molecule has 11 heteroatoms. The molecule has 3 aliphatic rings. The minimum absolute atomic E-state index is 0.150. The molecule has 0 spiro atoms. The summed E-state index contributed by atoms with van der Waals surface area (Å²) in [6.45, 7) is 18.9. The SMILES string of the molecule is CC(C)(C)OC(=O)N1C(=O)[C@H]([C@@H](O)[C@H]2COC(C)(C)O2)C[C@@H]1[C@H](O[Si](C)(C)C)[C@H]1COC(C)(C)O1. The third kappa shape index (κ3) is 7.03. The molecule has 0 saturated carbocycles. The lowest BCUT2D eigenvalue weighted by molar-refractivity contribution is -0.159.